The molecular weight excluding hydrogens is 361 g/mol. The Labute approximate surface area is 147 Å². The number of fused-ring (bicyclic) bond motifs is 2. The highest BCUT2D eigenvalue weighted by molar-refractivity contribution is 6.45. The van der Waals surface area contributed by atoms with Gasteiger partial charge in [-0.3, -0.25) is 14.4 Å². The van der Waals surface area contributed by atoms with Gasteiger partial charge in [0.05, 0.1) is 26.7 Å². The SMILES string of the molecule is O=C1CC2=C3C(=O)N(c4cc(Cl)c(Cl)cc4Cl)C(=O)C3C1CC2. The Morgan fingerprint density at radius 1 is 1.00 bits per heavy atom. The predicted octanol–water partition coefficient (Wildman–Crippen LogP) is 3.82. The van der Waals surface area contributed by atoms with E-state index in [1.54, 1.807) is 0 Å². The zero-order chi connectivity index (χ0) is 16.5. The fraction of sp³-hybridized carbons (Fsp3) is 0.312. The summed E-state index contributed by atoms with van der Waals surface area (Å²) >= 11 is 18.1. The number of amides is 2. The number of carbonyl (C=O) groups is 3. The second-order valence-corrected chi connectivity index (χ2v) is 7.20. The number of hydrogen-bond donors (Lipinski definition) is 0. The number of ketones is 1. The summed E-state index contributed by atoms with van der Waals surface area (Å²) in [5, 5.41) is 0.622. The van der Waals surface area contributed by atoms with Gasteiger partial charge >= 0.3 is 0 Å². The summed E-state index contributed by atoms with van der Waals surface area (Å²) < 4.78 is 0. The maximum absolute atomic E-state index is 12.8. The Kier molecular flexibility index (Phi) is 3.34. The van der Waals surface area contributed by atoms with Crippen LogP contribution in [-0.4, -0.2) is 17.6 Å². The first-order chi connectivity index (χ1) is 10.9. The number of nitrogens with zero attached hydrogens (tertiary/aromatic N) is 1. The van der Waals surface area contributed by atoms with E-state index in [9.17, 15) is 14.4 Å². The van der Waals surface area contributed by atoms with Gasteiger partial charge in [0.1, 0.15) is 5.78 Å². The first-order valence-electron chi connectivity index (χ1n) is 7.17. The molecule has 1 saturated heterocycles. The average molecular weight is 371 g/mol. The van der Waals surface area contributed by atoms with Crippen molar-refractivity contribution in [3.8, 4) is 0 Å². The fourth-order valence-electron chi connectivity index (χ4n) is 3.78. The molecule has 2 amide bonds. The van der Waals surface area contributed by atoms with Gasteiger partial charge in [-0.1, -0.05) is 40.4 Å². The van der Waals surface area contributed by atoms with E-state index in [1.165, 1.54) is 12.1 Å². The van der Waals surface area contributed by atoms with Gasteiger partial charge in [-0.2, -0.15) is 0 Å². The number of Topliss-reactive ketones (excluding diaryl/α,β-unsaturated/α-hetero) is 1. The van der Waals surface area contributed by atoms with Crippen molar-refractivity contribution in [3.63, 3.8) is 0 Å². The van der Waals surface area contributed by atoms with Crippen LogP contribution >= 0.6 is 34.8 Å². The Balaban J connectivity index is 1.86. The fourth-order valence-corrected chi connectivity index (χ4v) is 4.40. The Morgan fingerprint density at radius 2 is 1.70 bits per heavy atom. The van der Waals surface area contributed by atoms with Crippen molar-refractivity contribution >= 4 is 58.1 Å². The minimum atomic E-state index is -0.668. The molecule has 1 aromatic carbocycles. The Morgan fingerprint density at radius 3 is 2.39 bits per heavy atom. The van der Waals surface area contributed by atoms with E-state index in [0.29, 0.717) is 18.4 Å². The average Bonchev–Trinajstić information content (AvgIpc) is 2.77. The quantitative estimate of drug-likeness (QED) is 0.558. The van der Waals surface area contributed by atoms with Gasteiger partial charge in [0.2, 0.25) is 5.91 Å². The molecule has 0 radical (unpaired) electrons. The van der Waals surface area contributed by atoms with Crippen LogP contribution in [0.1, 0.15) is 19.3 Å². The maximum atomic E-state index is 12.8. The van der Waals surface area contributed by atoms with Crippen molar-refractivity contribution in [2.24, 2.45) is 11.8 Å². The van der Waals surface area contributed by atoms with Gasteiger partial charge in [-0.05, 0) is 25.0 Å². The molecule has 2 bridgehead atoms. The van der Waals surface area contributed by atoms with Crippen LogP contribution in [0.5, 0.6) is 0 Å². The highest BCUT2D eigenvalue weighted by atomic mass is 35.5. The molecule has 1 heterocycles. The summed E-state index contributed by atoms with van der Waals surface area (Å²) in [6.45, 7) is 0. The first kappa shape index (κ1) is 15.2. The monoisotopic (exact) mass is 369 g/mol. The number of anilines is 1. The molecule has 3 aliphatic carbocycles. The van der Waals surface area contributed by atoms with Crippen LogP contribution in [0.15, 0.2) is 23.3 Å². The minimum absolute atomic E-state index is 0.0447. The van der Waals surface area contributed by atoms with Crippen molar-refractivity contribution in [2.45, 2.75) is 19.3 Å². The molecule has 0 spiro atoms. The number of benzene rings is 1. The smallest absolute Gasteiger partial charge is 0.261 e. The van der Waals surface area contributed by atoms with Crippen molar-refractivity contribution in [1.82, 2.24) is 0 Å². The van der Waals surface area contributed by atoms with E-state index < -0.39 is 23.7 Å². The largest absolute Gasteiger partial charge is 0.299 e. The Bertz CT molecular complexity index is 830. The Hall–Kier alpha value is -1.36. The van der Waals surface area contributed by atoms with Crippen LogP contribution in [0.4, 0.5) is 5.69 Å². The second kappa shape index (κ2) is 5.07. The van der Waals surface area contributed by atoms with Crippen molar-refractivity contribution in [1.29, 1.82) is 0 Å². The molecule has 2 unspecified atom stereocenters. The standard InChI is InChI=1S/C16H10Cl3NO3/c17-8-4-10(19)11(5-9(8)18)20-15(22)13-6-1-2-7(12(21)3-6)14(13)16(20)23/h4-5,7,14H,1-3H2. The van der Waals surface area contributed by atoms with Crippen LogP contribution < -0.4 is 4.90 Å². The predicted molar refractivity (Wildman–Crippen MR) is 86.8 cm³/mol. The molecule has 7 heteroatoms. The van der Waals surface area contributed by atoms with Crippen LogP contribution in [0, 0.1) is 11.8 Å². The lowest BCUT2D eigenvalue weighted by Crippen LogP contribution is -2.38. The number of rotatable bonds is 1. The third-order valence-corrected chi connectivity index (χ3v) is 5.83. The minimum Gasteiger partial charge on any atom is -0.299 e. The summed E-state index contributed by atoms with van der Waals surface area (Å²) in [5.74, 6) is -1.82. The lowest BCUT2D eigenvalue weighted by Gasteiger charge is -2.33. The van der Waals surface area contributed by atoms with Crippen LogP contribution in [0.2, 0.25) is 15.1 Å². The molecule has 2 atom stereocenters. The van der Waals surface area contributed by atoms with Crippen molar-refractivity contribution in [3.05, 3.63) is 38.3 Å². The maximum Gasteiger partial charge on any atom is 0.261 e. The van der Waals surface area contributed by atoms with Crippen LogP contribution in [0.3, 0.4) is 0 Å². The van der Waals surface area contributed by atoms with E-state index >= 15 is 0 Å². The van der Waals surface area contributed by atoms with Crippen molar-refractivity contribution in [2.75, 3.05) is 4.90 Å². The van der Waals surface area contributed by atoms with E-state index in [0.717, 1.165) is 10.5 Å². The molecule has 5 rings (SSSR count). The topological polar surface area (TPSA) is 54.5 Å². The van der Waals surface area contributed by atoms with E-state index in [4.69, 9.17) is 34.8 Å². The zero-order valence-electron chi connectivity index (χ0n) is 11.7. The molecule has 4 nitrogen and oxygen atoms in total. The third-order valence-electron chi connectivity index (χ3n) is 4.80. The molecular formula is C16H10Cl3NO3. The molecule has 23 heavy (non-hydrogen) atoms. The number of carbonyl (C=O) groups excluding carboxylic acids is 3. The van der Waals surface area contributed by atoms with E-state index in [1.807, 2.05) is 0 Å². The summed E-state index contributed by atoms with van der Waals surface area (Å²) in [6.07, 6.45) is 1.60. The third kappa shape index (κ3) is 2.02. The van der Waals surface area contributed by atoms with Gasteiger partial charge in [0.25, 0.3) is 5.91 Å². The zero-order valence-corrected chi connectivity index (χ0v) is 14.0. The van der Waals surface area contributed by atoms with Gasteiger partial charge in [-0.25, -0.2) is 4.90 Å². The molecule has 4 aliphatic rings. The first-order valence-corrected chi connectivity index (χ1v) is 8.31. The number of hydrogen-bond acceptors (Lipinski definition) is 3. The van der Waals surface area contributed by atoms with Crippen LogP contribution in [-0.2, 0) is 14.4 Å². The molecule has 0 N–H and O–H groups in total. The molecule has 0 aromatic heterocycles. The summed E-state index contributed by atoms with van der Waals surface area (Å²) in [5.41, 5.74) is 1.48. The lowest BCUT2D eigenvalue weighted by atomic mass is 9.67. The second-order valence-electron chi connectivity index (χ2n) is 5.98. The summed E-state index contributed by atoms with van der Waals surface area (Å²) in [7, 11) is 0. The molecule has 1 saturated carbocycles. The number of allylic oxidation sites excluding steroid dienone is 1. The molecule has 118 valence electrons. The van der Waals surface area contributed by atoms with Gasteiger partial charge < -0.3 is 0 Å². The summed E-state index contributed by atoms with van der Waals surface area (Å²) in [4.78, 5) is 38.7. The lowest BCUT2D eigenvalue weighted by molar-refractivity contribution is -0.131. The molecule has 1 aromatic rings. The van der Waals surface area contributed by atoms with Gasteiger partial charge in [0, 0.05) is 17.9 Å². The number of imide groups is 1. The highest BCUT2D eigenvalue weighted by Crippen LogP contribution is 2.49. The molecule has 2 fully saturated rings. The number of halogens is 3. The van der Waals surface area contributed by atoms with Gasteiger partial charge in [-0.15, -0.1) is 0 Å². The summed E-state index contributed by atoms with van der Waals surface area (Å²) in [6, 6.07) is 2.81. The van der Waals surface area contributed by atoms with Gasteiger partial charge in [0.15, 0.2) is 0 Å². The van der Waals surface area contributed by atoms with Crippen molar-refractivity contribution < 1.29 is 14.4 Å². The van der Waals surface area contributed by atoms with E-state index in [2.05, 4.69) is 0 Å². The molecule has 1 aliphatic heterocycles. The highest BCUT2D eigenvalue weighted by Gasteiger charge is 2.55. The van der Waals surface area contributed by atoms with E-state index in [-0.39, 0.29) is 33.0 Å². The normalized spacial score (nSPS) is 26.4. The van der Waals surface area contributed by atoms with Crippen LogP contribution in [0.25, 0.3) is 0 Å².